The molecule has 4 aromatic rings. The summed E-state index contributed by atoms with van der Waals surface area (Å²) < 4.78 is 7.98. The van der Waals surface area contributed by atoms with Gasteiger partial charge in [-0.15, -0.1) is 0 Å². The number of aromatic nitrogens is 1. The molecule has 1 amide bonds. The predicted octanol–water partition coefficient (Wildman–Crippen LogP) is 5.76. The zero-order valence-electron chi connectivity index (χ0n) is 22.1. The first-order chi connectivity index (χ1) is 18.4. The third kappa shape index (κ3) is 5.77. The van der Waals surface area contributed by atoms with E-state index >= 15 is 0 Å². The van der Waals surface area contributed by atoms with Crippen LogP contribution in [0.2, 0.25) is 0 Å². The Bertz CT molecular complexity index is 1440. The molecule has 1 fully saturated rings. The van der Waals surface area contributed by atoms with Crippen molar-refractivity contribution in [2.45, 2.75) is 58.5 Å². The SMILES string of the molecule is Cc1ccc(C(NC(=O)Cc2ccc3c(ccn3CCC(=O)O)c2)c2ccc(C)o2)c(N2CCCCC2)c1. The lowest BCUT2D eigenvalue weighted by atomic mass is 9.97. The fourth-order valence-corrected chi connectivity index (χ4v) is 5.39. The quantitative estimate of drug-likeness (QED) is 0.297. The smallest absolute Gasteiger partial charge is 0.305 e. The maximum atomic E-state index is 13.4. The Balaban J connectivity index is 1.39. The van der Waals surface area contributed by atoms with Gasteiger partial charge in [-0.2, -0.15) is 0 Å². The van der Waals surface area contributed by atoms with Gasteiger partial charge in [0, 0.05) is 42.6 Å². The number of fused-ring (bicyclic) bond motifs is 1. The van der Waals surface area contributed by atoms with E-state index in [1.165, 1.54) is 24.8 Å². The molecule has 3 heterocycles. The van der Waals surface area contributed by atoms with Crippen LogP contribution in [0, 0.1) is 13.8 Å². The van der Waals surface area contributed by atoms with E-state index in [1.807, 2.05) is 54.1 Å². The molecule has 1 aliphatic rings. The molecular formula is C31H35N3O4. The van der Waals surface area contributed by atoms with Crippen LogP contribution in [0.25, 0.3) is 10.9 Å². The molecule has 0 spiro atoms. The largest absolute Gasteiger partial charge is 0.481 e. The Labute approximate surface area is 223 Å². The molecule has 2 aromatic heterocycles. The van der Waals surface area contributed by atoms with E-state index in [-0.39, 0.29) is 18.7 Å². The first-order valence-corrected chi connectivity index (χ1v) is 13.4. The van der Waals surface area contributed by atoms with Gasteiger partial charge < -0.3 is 24.3 Å². The second-order valence-electron chi connectivity index (χ2n) is 10.3. The number of furan rings is 1. The van der Waals surface area contributed by atoms with Crippen LogP contribution in [0.5, 0.6) is 0 Å². The van der Waals surface area contributed by atoms with Crippen LogP contribution in [0.1, 0.15) is 59.9 Å². The fraction of sp³-hybridized carbons (Fsp3) is 0.355. The molecule has 1 atom stereocenters. The van der Waals surface area contributed by atoms with Gasteiger partial charge in [-0.1, -0.05) is 18.2 Å². The summed E-state index contributed by atoms with van der Waals surface area (Å²) in [5.74, 6) is 0.630. The zero-order valence-corrected chi connectivity index (χ0v) is 22.1. The summed E-state index contributed by atoms with van der Waals surface area (Å²) in [6.07, 6.45) is 5.79. The first-order valence-electron chi connectivity index (χ1n) is 13.4. The standard InChI is InChI=1S/C31H35N3O4/c1-21-6-9-25(27(18-21)33-14-4-3-5-15-33)31(28-11-7-22(2)38-28)32-29(35)20-23-8-10-26-24(19-23)12-16-34(26)17-13-30(36)37/h6-12,16,18-19,31H,3-5,13-15,17,20H2,1-2H3,(H,32,35)(H,36,37). The summed E-state index contributed by atoms with van der Waals surface area (Å²) in [7, 11) is 0. The van der Waals surface area contributed by atoms with E-state index in [4.69, 9.17) is 9.52 Å². The van der Waals surface area contributed by atoms with Crippen LogP contribution in [0.15, 0.2) is 65.2 Å². The van der Waals surface area contributed by atoms with Crippen molar-refractivity contribution in [3.63, 3.8) is 0 Å². The number of hydrogen-bond donors (Lipinski definition) is 2. The topological polar surface area (TPSA) is 87.7 Å². The van der Waals surface area contributed by atoms with E-state index in [2.05, 4.69) is 35.3 Å². The van der Waals surface area contributed by atoms with Crippen molar-refractivity contribution in [2.24, 2.45) is 0 Å². The number of hydrogen-bond acceptors (Lipinski definition) is 4. The normalized spacial score (nSPS) is 14.5. The molecule has 1 aliphatic heterocycles. The summed E-state index contributed by atoms with van der Waals surface area (Å²) >= 11 is 0. The molecule has 1 unspecified atom stereocenters. The molecular weight excluding hydrogens is 478 g/mol. The molecule has 0 radical (unpaired) electrons. The number of nitrogens with zero attached hydrogens (tertiary/aromatic N) is 2. The molecule has 1 saturated heterocycles. The number of carbonyl (C=O) groups is 2. The maximum Gasteiger partial charge on any atom is 0.305 e. The Morgan fingerprint density at radius 1 is 1.00 bits per heavy atom. The van der Waals surface area contributed by atoms with Crippen LogP contribution < -0.4 is 10.2 Å². The van der Waals surface area contributed by atoms with Gasteiger partial charge in [0.15, 0.2) is 0 Å². The zero-order chi connectivity index (χ0) is 26.6. The van der Waals surface area contributed by atoms with Crippen molar-refractivity contribution in [1.82, 2.24) is 9.88 Å². The third-order valence-electron chi connectivity index (χ3n) is 7.31. The molecule has 7 nitrogen and oxygen atoms in total. The van der Waals surface area contributed by atoms with Crippen molar-refractivity contribution in [3.05, 3.63) is 89.0 Å². The van der Waals surface area contributed by atoms with Gasteiger partial charge in [0.1, 0.15) is 17.6 Å². The highest BCUT2D eigenvalue weighted by molar-refractivity contribution is 5.84. The summed E-state index contributed by atoms with van der Waals surface area (Å²) in [4.78, 5) is 26.8. The van der Waals surface area contributed by atoms with Crippen molar-refractivity contribution < 1.29 is 19.1 Å². The molecule has 2 N–H and O–H groups in total. The van der Waals surface area contributed by atoms with Gasteiger partial charge in [-0.25, -0.2) is 0 Å². The Morgan fingerprint density at radius 3 is 2.55 bits per heavy atom. The van der Waals surface area contributed by atoms with Crippen LogP contribution in [0.3, 0.4) is 0 Å². The Hall–Kier alpha value is -4.00. The number of benzene rings is 2. The molecule has 0 saturated carbocycles. The number of aryl methyl sites for hydroxylation is 3. The predicted molar refractivity (Wildman–Crippen MR) is 149 cm³/mol. The van der Waals surface area contributed by atoms with Gasteiger partial charge in [0.05, 0.1) is 12.8 Å². The number of carboxylic acid groups (broad SMARTS) is 1. The molecule has 0 bridgehead atoms. The van der Waals surface area contributed by atoms with Crippen molar-refractivity contribution in [2.75, 3.05) is 18.0 Å². The van der Waals surface area contributed by atoms with Crippen molar-refractivity contribution in [1.29, 1.82) is 0 Å². The summed E-state index contributed by atoms with van der Waals surface area (Å²) in [5.41, 5.74) is 5.27. The number of carboxylic acids is 1. The number of anilines is 1. The number of carbonyl (C=O) groups excluding carboxylic acids is 1. The van der Waals surface area contributed by atoms with E-state index in [1.54, 1.807) is 0 Å². The monoisotopic (exact) mass is 513 g/mol. The summed E-state index contributed by atoms with van der Waals surface area (Å²) in [6.45, 7) is 6.47. The van der Waals surface area contributed by atoms with E-state index in [9.17, 15) is 9.59 Å². The average Bonchev–Trinajstić information content (AvgIpc) is 3.52. The van der Waals surface area contributed by atoms with Crippen molar-refractivity contribution in [3.8, 4) is 0 Å². The van der Waals surface area contributed by atoms with Crippen LogP contribution in [0.4, 0.5) is 5.69 Å². The number of nitrogens with one attached hydrogen (secondary N) is 1. The number of aliphatic carboxylic acids is 1. The molecule has 7 heteroatoms. The second-order valence-corrected chi connectivity index (χ2v) is 10.3. The fourth-order valence-electron chi connectivity index (χ4n) is 5.39. The summed E-state index contributed by atoms with van der Waals surface area (Å²) in [5, 5.41) is 13.3. The maximum absolute atomic E-state index is 13.4. The molecule has 38 heavy (non-hydrogen) atoms. The van der Waals surface area contributed by atoms with Gasteiger partial charge in [-0.05, 0) is 86.0 Å². The molecule has 0 aliphatic carbocycles. The second kappa shape index (κ2) is 11.2. The Kier molecular flexibility index (Phi) is 7.54. The molecule has 198 valence electrons. The Morgan fingerprint density at radius 2 is 1.82 bits per heavy atom. The molecule has 5 rings (SSSR count). The van der Waals surface area contributed by atoms with E-state index in [0.717, 1.165) is 52.3 Å². The lowest BCUT2D eigenvalue weighted by Gasteiger charge is -2.32. The number of rotatable bonds is 9. The van der Waals surface area contributed by atoms with Crippen LogP contribution in [-0.2, 0) is 22.6 Å². The van der Waals surface area contributed by atoms with E-state index < -0.39 is 12.0 Å². The first kappa shape index (κ1) is 25.6. The highest BCUT2D eigenvalue weighted by atomic mass is 16.4. The molecule has 2 aromatic carbocycles. The average molecular weight is 514 g/mol. The highest BCUT2D eigenvalue weighted by Crippen LogP contribution is 2.34. The van der Waals surface area contributed by atoms with Gasteiger partial charge >= 0.3 is 5.97 Å². The lowest BCUT2D eigenvalue weighted by Crippen LogP contribution is -2.34. The lowest BCUT2D eigenvalue weighted by molar-refractivity contribution is -0.137. The van der Waals surface area contributed by atoms with Gasteiger partial charge in [-0.3, -0.25) is 9.59 Å². The number of piperidine rings is 1. The highest BCUT2D eigenvalue weighted by Gasteiger charge is 2.26. The van der Waals surface area contributed by atoms with Gasteiger partial charge in [0.2, 0.25) is 5.91 Å². The van der Waals surface area contributed by atoms with E-state index in [0.29, 0.717) is 6.54 Å². The van der Waals surface area contributed by atoms with Crippen LogP contribution >= 0.6 is 0 Å². The van der Waals surface area contributed by atoms with Crippen molar-refractivity contribution >= 4 is 28.5 Å². The minimum absolute atomic E-state index is 0.0695. The minimum Gasteiger partial charge on any atom is -0.481 e. The number of amides is 1. The third-order valence-corrected chi connectivity index (χ3v) is 7.31. The van der Waals surface area contributed by atoms with Crippen LogP contribution in [-0.4, -0.2) is 34.6 Å². The minimum atomic E-state index is -0.821. The summed E-state index contributed by atoms with van der Waals surface area (Å²) in [6, 6.07) is 17.8. The van der Waals surface area contributed by atoms with Gasteiger partial charge in [0.25, 0.3) is 0 Å².